The van der Waals surface area contributed by atoms with Gasteiger partial charge in [-0.1, -0.05) is 5.16 Å². The third-order valence-corrected chi connectivity index (χ3v) is 3.89. The largest absolute Gasteiger partial charge is 0.446 e. The van der Waals surface area contributed by atoms with Gasteiger partial charge in [-0.2, -0.15) is 0 Å². The summed E-state index contributed by atoms with van der Waals surface area (Å²) >= 11 is 4.35. The Labute approximate surface area is 129 Å². The van der Waals surface area contributed by atoms with Crippen molar-refractivity contribution >= 4 is 27.7 Å². The fourth-order valence-electron chi connectivity index (χ4n) is 1.70. The van der Waals surface area contributed by atoms with Gasteiger partial charge in [0.2, 0.25) is 5.82 Å². The normalized spacial score (nSPS) is 11.0. The van der Waals surface area contributed by atoms with E-state index in [-0.39, 0.29) is 16.0 Å². The molecule has 0 N–H and O–H groups in total. The van der Waals surface area contributed by atoms with Crippen LogP contribution in [0.2, 0.25) is 0 Å². The molecular formula is C11H6BrFN4O3S. The van der Waals surface area contributed by atoms with Crippen molar-refractivity contribution in [3.05, 3.63) is 39.0 Å². The SMILES string of the molecule is CSc1nonc1-c1noc(=O)n1-c1ccc(F)c(Br)c1. The summed E-state index contributed by atoms with van der Waals surface area (Å²) in [6.07, 6.45) is 1.78. The predicted molar refractivity (Wildman–Crippen MR) is 74.8 cm³/mol. The summed E-state index contributed by atoms with van der Waals surface area (Å²) in [5.74, 6) is -1.04. The molecule has 0 aliphatic rings. The van der Waals surface area contributed by atoms with E-state index >= 15 is 0 Å². The molecule has 2 aromatic heterocycles. The molecule has 0 saturated carbocycles. The van der Waals surface area contributed by atoms with Crippen LogP contribution in [0.1, 0.15) is 0 Å². The Morgan fingerprint density at radius 1 is 1.33 bits per heavy atom. The predicted octanol–water partition coefficient (Wildman–Crippen LogP) is 2.50. The number of hydrogen-bond acceptors (Lipinski definition) is 7. The molecule has 3 aromatic rings. The highest BCUT2D eigenvalue weighted by atomic mass is 79.9. The minimum atomic E-state index is -0.724. The van der Waals surface area contributed by atoms with Gasteiger partial charge in [0.1, 0.15) is 5.82 Å². The standard InChI is InChI=1S/C11H6BrFN4O3S/c1-21-10-8(14-20-16-10)9-15-19-11(18)17(9)5-2-3-7(13)6(12)4-5/h2-4H,1H3. The molecule has 1 aromatic carbocycles. The molecule has 0 unspecified atom stereocenters. The van der Waals surface area contributed by atoms with E-state index in [4.69, 9.17) is 0 Å². The van der Waals surface area contributed by atoms with E-state index in [2.05, 4.69) is 40.6 Å². The van der Waals surface area contributed by atoms with Crippen molar-refractivity contribution < 1.29 is 13.5 Å². The van der Waals surface area contributed by atoms with Crippen LogP contribution in [-0.4, -0.2) is 26.3 Å². The number of rotatable bonds is 3. The quantitative estimate of drug-likeness (QED) is 0.652. The van der Waals surface area contributed by atoms with E-state index in [9.17, 15) is 9.18 Å². The van der Waals surface area contributed by atoms with Crippen LogP contribution < -0.4 is 5.76 Å². The lowest BCUT2D eigenvalue weighted by atomic mass is 10.3. The maximum Gasteiger partial charge on any atom is 0.446 e. The zero-order valence-corrected chi connectivity index (χ0v) is 12.8. The Hall–Kier alpha value is -1.94. The van der Waals surface area contributed by atoms with Crippen LogP contribution in [0, 0.1) is 5.82 Å². The van der Waals surface area contributed by atoms with Gasteiger partial charge in [0.15, 0.2) is 10.7 Å². The maximum atomic E-state index is 13.3. The van der Waals surface area contributed by atoms with Gasteiger partial charge < -0.3 is 0 Å². The third kappa shape index (κ3) is 2.40. The van der Waals surface area contributed by atoms with Crippen LogP contribution in [0.5, 0.6) is 0 Å². The zero-order chi connectivity index (χ0) is 15.0. The molecule has 0 amide bonds. The summed E-state index contributed by atoms with van der Waals surface area (Å²) in [7, 11) is 0. The monoisotopic (exact) mass is 372 g/mol. The number of hydrogen-bond donors (Lipinski definition) is 0. The highest BCUT2D eigenvalue weighted by molar-refractivity contribution is 9.10. The van der Waals surface area contributed by atoms with E-state index in [1.165, 1.54) is 30.0 Å². The minimum Gasteiger partial charge on any atom is -0.295 e. The highest BCUT2D eigenvalue weighted by Gasteiger charge is 2.22. The van der Waals surface area contributed by atoms with Gasteiger partial charge in [0.25, 0.3) is 0 Å². The molecule has 0 aliphatic heterocycles. The molecule has 7 nitrogen and oxygen atoms in total. The Morgan fingerprint density at radius 3 is 2.86 bits per heavy atom. The Bertz CT molecular complexity index is 859. The van der Waals surface area contributed by atoms with Crippen LogP contribution in [0.3, 0.4) is 0 Å². The summed E-state index contributed by atoms with van der Waals surface area (Å²) < 4.78 is 24.0. The van der Waals surface area contributed by atoms with Crippen molar-refractivity contribution in [2.24, 2.45) is 0 Å². The van der Waals surface area contributed by atoms with Gasteiger partial charge in [0.05, 0.1) is 10.2 Å². The van der Waals surface area contributed by atoms with Gasteiger partial charge in [-0.05, 0) is 50.7 Å². The van der Waals surface area contributed by atoms with Gasteiger partial charge in [-0.3, -0.25) is 4.52 Å². The smallest absolute Gasteiger partial charge is 0.295 e. The van der Waals surface area contributed by atoms with E-state index in [1.807, 2.05) is 0 Å². The topological polar surface area (TPSA) is 87.0 Å². The van der Waals surface area contributed by atoms with Crippen molar-refractivity contribution in [2.75, 3.05) is 6.26 Å². The third-order valence-electron chi connectivity index (χ3n) is 2.63. The Balaban J connectivity index is 2.22. The van der Waals surface area contributed by atoms with Gasteiger partial charge in [0, 0.05) is 0 Å². The van der Waals surface area contributed by atoms with Crippen molar-refractivity contribution in [2.45, 2.75) is 5.03 Å². The molecule has 0 radical (unpaired) electrons. The number of aromatic nitrogens is 4. The number of benzene rings is 1. The van der Waals surface area contributed by atoms with Gasteiger partial charge in [-0.25, -0.2) is 18.4 Å². The second-order valence-corrected chi connectivity index (χ2v) is 5.48. The fourth-order valence-corrected chi connectivity index (χ4v) is 2.50. The summed E-state index contributed by atoms with van der Waals surface area (Å²) in [6, 6.07) is 4.08. The average Bonchev–Trinajstić information content (AvgIpc) is 3.07. The first-order valence-electron chi connectivity index (χ1n) is 5.53. The van der Waals surface area contributed by atoms with E-state index in [0.717, 1.165) is 4.57 Å². The maximum absolute atomic E-state index is 13.3. The van der Waals surface area contributed by atoms with Crippen LogP contribution in [0.4, 0.5) is 4.39 Å². The molecular weight excluding hydrogens is 367 g/mol. The van der Waals surface area contributed by atoms with Crippen LogP contribution in [-0.2, 0) is 0 Å². The number of thioether (sulfide) groups is 1. The van der Waals surface area contributed by atoms with Crippen molar-refractivity contribution in [1.29, 1.82) is 0 Å². The molecule has 21 heavy (non-hydrogen) atoms. The molecule has 0 spiro atoms. The van der Waals surface area contributed by atoms with E-state index < -0.39 is 11.6 Å². The zero-order valence-electron chi connectivity index (χ0n) is 10.4. The highest BCUT2D eigenvalue weighted by Crippen LogP contribution is 2.27. The van der Waals surface area contributed by atoms with Gasteiger partial charge in [-0.15, -0.1) is 11.8 Å². The number of nitrogens with zero attached hydrogens (tertiary/aromatic N) is 4. The van der Waals surface area contributed by atoms with Crippen molar-refractivity contribution in [3.8, 4) is 17.2 Å². The first kappa shape index (κ1) is 14.0. The fraction of sp³-hybridized carbons (Fsp3) is 0.0909. The van der Waals surface area contributed by atoms with Crippen molar-refractivity contribution in [1.82, 2.24) is 20.0 Å². The molecule has 0 atom stereocenters. The molecule has 10 heteroatoms. The van der Waals surface area contributed by atoms with Crippen LogP contribution in [0.15, 0.2) is 41.6 Å². The molecule has 2 heterocycles. The lowest BCUT2D eigenvalue weighted by Crippen LogP contribution is -2.13. The minimum absolute atomic E-state index is 0.129. The number of halogens is 2. The molecule has 0 fully saturated rings. The van der Waals surface area contributed by atoms with E-state index in [0.29, 0.717) is 10.7 Å². The molecule has 3 rings (SSSR count). The average molecular weight is 373 g/mol. The first-order valence-corrected chi connectivity index (χ1v) is 7.54. The second kappa shape index (κ2) is 5.45. The summed E-state index contributed by atoms with van der Waals surface area (Å²) in [5.41, 5.74) is 0.647. The van der Waals surface area contributed by atoms with Crippen molar-refractivity contribution in [3.63, 3.8) is 0 Å². The molecule has 0 bridgehead atoms. The first-order chi connectivity index (χ1) is 10.1. The lowest BCUT2D eigenvalue weighted by Gasteiger charge is -2.04. The second-order valence-electron chi connectivity index (χ2n) is 3.83. The summed E-state index contributed by atoms with van der Waals surface area (Å²) in [4.78, 5) is 11.9. The van der Waals surface area contributed by atoms with Crippen LogP contribution >= 0.6 is 27.7 Å². The summed E-state index contributed by atoms with van der Waals surface area (Å²) in [6.45, 7) is 0. The Morgan fingerprint density at radius 2 is 2.14 bits per heavy atom. The van der Waals surface area contributed by atoms with Gasteiger partial charge >= 0.3 is 5.76 Å². The molecule has 108 valence electrons. The van der Waals surface area contributed by atoms with Crippen LogP contribution in [0.25, 0.3) is 17.2 Å². The Kier molecular flexibility index (Phi) is 3.64. The molecule has 0 saturated heterocycles. The lowest BCUT2D eigenvalue weighted by molar-refractivity contribution is 0.299. The van der Waals surface area contributed by atoms with E-state index in [1.54, 1.807) is 6.26 Å². The molecule has 0 aliphatic carbocycles. The summed E-state index contributed by atoms with van der Waals surface area (Å²) in [5, 5.41) is 11.6.